The molecular weight excluding hydrogens is 547 g/mol. The summed E-state index contributed by atoms with van der Waals surface area (Å²) in [5.74, 6) is 1.06. The van der Waals surface area contributed by atoms with Crippen molar-refractivity contribution >= 4 is 39.3 Å². The summed E-state index contributed by atoms with van der Waals surface area (Å²) in [7, 11) is 3.22. The van der Waals surface area contributed by atoms with E-state index >= 15 is 0 Å². The van der Waals surface area contributed by atoms with Crippen LogP contribution in [0.25, 0.3) is 22.5 Å². The number of halogens is 2. The zero-order valence-electron chi connectivity index (χ0n) is 19.5. The van der Waals surface area contributed by atoms with E-state index in [4.69, 9.17) is 14.5 Å². The highest BCUT2D eigenvalue weighted by Gasteiger charge is 2.15. The van der Waals surface area contributed by atoms with Crippen molar-refractivity contribution in [2.75, 3.05) is 25.3 Å². The lowest BCUT2D eigenvalue weighted by atomic mass is 10.0. The number of carbonyl (C=O) groups excluding carboxylic acids is 1. The SMILES string of the molecule is COc1ccc(-c2nnc(SCCC(=O)Nc3ccc(Br)cc3F)nc2-c2ccc(OC)cc2)cc1. The zero-order valence-corrected chi connectivity index (χ0v) is 21.9. The Bertz CT molecular complexity index is 1350. The Morgan fingerprint density at radius 3 is 2.11 bits per heavy atom. The number of nitrogens with zero attached hydrogens (tertiary/aromatic N) is 3. The van der Waals surface area contributed by atoms with Crippen LogP contribution in [0.1, 0.15) is 6.42 Å². The summed E-state index contributed by atoms with van der Waals surface area (Å²) in [4.78, 5) is 17.0. The lowest BCUT2D eigenvalue weighted by Crippen LogP contribution is -2.13. The first-order chi connectivity index (χ1) is 17.5. The van der Waals surface area contributed by atoms with Crippen LogP contribution in [-0.2, 0) is 4.79 Å². The molecule has 3 aromatic carbocycles. The molecule has 0 bridgehead atoms. The summed E-state index contributed by atoms with van der Waals surface area (Å²) >= 11 is 4.50. The second kappa shape index (κ2) is 12.0. The molecule has 0 spiro atoms. The molecule has 184 valence electrons. The molecule has 1 aromatic heterocycles. The largest absolute Gasteiger partial charge is 0.497 e. The summed E-state index contributed by atoms with van der Waals surface area (Å²) in [6.07, 6.45) is 0.154. The third-order valence-electron chi connectivity index (χ3n) is 5.16. The maximum absolute atomic E-state index is 14.0. The molecule has 0 unspecified atom stereocenters. The van der Waals surface area contributed by atoms with E-state index < -0.39 is 5.82 Å². The lowest BCUT2D eigenvalue weighted by Gasteiger charge is -2.11. The molecule has 0 atom stereocenters. The van der Waals surface area contributed by atoms with Crippen LogP contribution in [0.2, 0.25) is 0 Å². The van der Waals surface area contributed by atoms with Crippen LogP contribution >= 0.6 is 27.7 Å². The van der Waals surface area contributed by atoms with Gasteiger partial charge in [-0.25, -0.2) is 9.37 Å². The number of ether oxygens (including phenoxy) is 2. The van der Waals surface area contributed by atoms with Crippen LogP contribution in [0.4, 0.5) is 10.1 Å². The fraction of sp³-hybridized carbons (Fsp3) is 0.154. The first kappa shape index (κ1) is 25.6. The van der Waals surface area contributed by atoms with Gasteiger partial charge in [0, 0.05) is 27.8 Å². The minimum absolute atomic E-state index is 0.136. The molecule has 0 aliphatic carbocycles. The molecule has 0 aliphatic rings. The lowest BCUT2D eigenvalue weighted by molar-refractivity contribution is -0.115. The summed E-state index contributed by atoms with van der Waals surface area (Å²) < 4.78 is 25.1. The number of rotatable bonds is 9. The van der Waals surface area contributed by atoms with E-state index in [0.29, 0.717) is 26.8 Å². The van der Waals surface area contributed by atoms with Gasteiger partial charge in [0.1, 0.15) is 28.7 Å². The van der Waals surface area contributed by atoms with Gasteiger partial charge in [-0.15, -0.1) is 10.2 Å². The Morgan fingerprint density at radius 1 is 0.917 bits per heavy atom. The molecule has 1 amide bonds. The molecule has 10 heteroatoms. The van der Waals surface area contributed by atoms with Gasteiger partial charge in [-0.1, -0.05) is 27.7 Å². The van der Waals surface area contributed by atoms with E-state index in [9.17, 15) is 9.18 Å². The predicted molar refractivity (Wildman–Crippen MR) is 142 cm³/mol. The first-order valence-electron chi connectivity index (χ1n) is 10.9. The number of amides is 1. The maximum atomic E-state index is 14.0. The van der Waals surface area contributed by atoms with Gasteiger partial charge in [0.15, 0.2) is 0 Å². The zero-order chi connectivity index (χ0) is 25.5. The van der Waals surface area contributed by atoms with E-state index in [-0.39, 0.29) is 18.0 Å². The highest BCUT2D eigenvalue weighted by molar-refractivity contribution is 9.10. The second-order valence-electron chi connectivity index (χ2n) is 7.52. The van der Waals surface area contributed by atoms with Crippen LogP contribution in [0.3, 0.4) is 0 Å². The molecule has 36 heavy (non-hydrogen) atoms. The predicted octanol–water partition coefficient (Wildman–Crippen LogP) is 6.25. The Labute approximate surface area is 220 Å². The molecule has 0 saturated heterocycles. The molecule has 0 fully saturated rings. The number of methoxy groups -OCH3 is 2. The Morgan fingerprint density at radius 2 is 1.53 bits per heavy atom. The smallest absolute Gasteiger partial charge is 0.225 e. The van der Waals surface area contributed by atoms with Crippen molar-refractivity contribution in [1.82, 2.24) is 15.2 Å². The second-order valence-corrected chi connectivity index (χ2v) is 9.50. The number of hydrogen-bond donors (Lipinski definition) is 1. The highest BCUT2D eigenvalue weighted by Crippen LogP contribution is 2.32. The molecule has 0 aliphatic heterocycles. The van der Waals surface area contributed by atoms with Gasteiger partial charge in [-0.3, -0.25) is 4.79 Å². The Balaban J connectivity index is 1.51. The van der Waals surface area contributed by atoms with E-state index in [1.165, 1.54) is 23.9 Å². The van der Waals surface area contributed by atoms with Crippen molar-refractivity contribution in [3.05, 3.63) is 77.0 Å². The molecule has 0 saturated carbocycles. The molecule has 1 N–H and O–H groups in total. The summed E-state index contributed by atoms with van der Waals surface area (Å²) in [6.45, 7) is 0. The summed E-state index contributed by atoms with van der Waals surface area (Å²) in [5, 5.41) is 11.7. The first-order valence-corrected chi connectivity index (χ1v) is 12.7. The number of hydrogen-bond acceptors (Lipinski definition) is 7. The number of aromatic nitrogens is 3. The minimum atomic E-state index is -0.504. The fourth-order valence-corrected chi connectivity index (χ4v) is 4.36. The molecule has 1 heterocycles. The van der Waals surface area contributed by atoms with Crippen LogP contribution in [0, 0.1) is 5.82 Å². The van der Waals surface area contributed by atoms with E-state index in [2.05, 4.69) is 31.4 Å². The molecule has 7 nitrogen and oxygen atoms in total. The van der Waals surface area contributed by atoms with Crippen LogP contribution in [-0.4, -0.2) is 41.1 Å². The topological polar surface area (TPSA) is 86.2 Å². The van der Waals surface area contributed by atoms with Crippen molar-refractivity contribution in [2.45, 2.75) is 11.6 Å². The van der Waals surface area contributed by atoms with Gasteiger partial charge in [0.2, 0.25) is 11.1 Å². The van der Waals surface area contributed by atoms with Crippen molar-refractivity contribution in [3.63, 3.8) is 0 Å². The maximum Gasteiger partial charge on any atom is 0.225 e. The van der Waals surface area contributed by atoms with Gasteiger partial charge in [-0.05, 0) is 66.7 Å². The number of carbonyl (C=O) groups is 1. The van der Waals surface area contributed by atoms with Gasteiger partial charge < -0.3 is 14.8 Å². The van der Waals surface area contributed by atoms with E-state index in [1.54, 1.807) is 20.3 Å². The van der Waals surface area contributed by atoms with Gasteiger partial charge >= 0.3 is 0 Å². The van der Waals surface area contributed by atoms with E-state index in [1.807, 2.05) is 48.5 Å². The van der Waals surface area contributed by atoms with Crippen molar-refractivity contribution in [1.29, 1.82) is 0 Å². The third-order valence-corrected chi connectivity index (χ3v) is 6.49. The molecule has 0 radical (unpaired) electrons. The number of nitrogens with one attached hydrogen (secondary N) is 1. The van der Waals surface area contributed by atoms with Gasteiger partial charge in [0.05, 0.1) is 19.9 Å². The van der Waals surface area contributed by atoms with Crippen LogP contribution in [0.15, 0.2) is 76.4 Å². The average molecular weight is 569 g/mol. The molecule has 4 aromatic rings. The van der Waals surface area contributed by atoms with Crippen molar-refractivity contribution in [3.8, 4) is 34.0 Å². The van der Waals surface area contributed by atoms with Crippen molar-refractivity contribution in [2.24, 2.45) is 0 Å². The van der Waals surface area contributed by atoms with E-state index in [0.717, 1.165) is 22.6 Å². The quantitative estimate of drug-likeness (QED) is 0.239. The summed E-state index contributed by atoms with van der Waals surface area (Å²) in [5.41, 5.74) is 3.10. The monoisotopic (exact) mass is 568 g/mol. The molecule has 4 rings (SSSR count). The minimum Gasteiger partial charge on any atom is -0.497 e. The normalized spacial score (nSPS) is 10.7. The van der Waals surface area contributed by atoms with Crippen LogP contribution < -0.4 is 14.8 Å². The fourth-order valence-electron chi connectivity index (χ4n) is 3.30. The standard InChI is InChI=1S/C26H22BrFN4O3S/c1-34-19-8-3-16(4-9-19)24-25(17-5-10-20(35-2)11-6-17)31-32-26(30-24)36-14-13-23(33)29-22-12-7-18(27)15-21(22)28/h3-12,15H,13-14H2,1-2H3,(H,29,33). The van der Waals surface area contributed by atoms with Gasteiger partial charge in [0.25, 0.3) is 0 Å². The summed E-state index contributed by atoms with van der Waals surface area (Å²) in [6, 6.07) is 19.5. The highest BCUT2D eigenvalue weighted by atomic mass is 79.9. The number of thioether (sulfide) groups is 1. The third kappa shape index (κ3) is 6.38. The Hall–Kier alpha value is -3.50. The molecular formula is C26H22BrFN4O3S. The Kier molecular flexibility index (Phi) is 8.50. The van der Waals surface area contributed by atoms with Gasteiger partial charge in [-0.2, -0.15) is 0 Å². The van der Waals surface area contributed by atoms with Crippen molar-refractivity contribution < 1.29 is 18.7 Å². The average Bonchev–Trinajstić information content (AvgIpc) is 2.90. The van der Waals surface area contributed by atoms with Crippen LogP contribution in [0.5, 0.6) is 11.5 Å². The number of benzene rings is 3. The number of anilines is 1.